The van der Waals surface area contributed by atoms with Crippen LogP contribution >= 0.6 is 0 Å². The van der Waals surface area contributed by atoms with Crippen LogP contribution in [0.3, 0.4) is 0 Å². The Kier molecular flexibility index (Phi) is 4.47. The minimum Gasteiger partial charge on any atom is -0.378 e. The molecule has 0 aromatic heterocycles. The number of nitrogens with zero attached hydrogens (tertiary/aromatic N) is 2. The summed E-state index contributed by atoms with van der Waals surface area (Å²) in [6, 6.07) is 16.3. The molecule has 1 heterocycles. The second kappa shape index (κ2) is 6.56. The number of nitrogens with one attached hydrogen (secondary N) is 1. The minimum absolute atomic E-state index is 0.0976. The van der Waals surface area contributed by atoms with Crippen molar-refractivity contribution in [1.82, 2.24) is 4.90 Å². The van der Waals surface area contributed by atoms with Gasteiger partial charge in [-0.15, -0.1) is 0 Å². The van der Waals surface area contributed by atoms with Crippen molar-refractivity contribution < 1.29 is 4.79 Å². The van der Waals surface area contributed by atoms with Crippen molar-refractivity contribution in [2.24, 2.45) is 0 Å². The number of para-hydroxylation sites is 1. The normalized spacial score (nSPS) is 17.9. The molecule has 0 bridgehead atoms. The van der Waals surface area contributed by atoms with Crippen molar-refractivity contribution in [3.63, 3.8) is 0 Å². The van der Waals surface area contributed by atoms with Crippen LogP contribution in [0.2, 0.25) is 0 Å². The molecule has 2 aromatic carbocycles. The molecule has 0 saturated heterocycles. The average Bonchev–Trinajstić information content (AvgIpc) is 2.61. The van der Waals surface area contributed by atoms with E-state index in [0.717, 1.165) is 28.9 Å². The molecule has 0 saturated carbocycles. The standard InChI is InChI=1S/C20H25N3O/c1-5-14(2)23-19(15-10-12-16(13-11-15)22(3)4)21-18-9-7-6-8-17(18)20(23)24/h6-14,19,21H,5H2,1-4H3/t14-,19-/m0/s1. The summed E-state index contributed by atoms with van der Waals surface area (Å²) in [5, 5.41) is 3.55. The number of anilines is 2. The van der Waals surface area contributed by atoms with Gasteiger partial charge >= 0.3 is 0 Å². The fraction of sp³-hybridized carbons (Fsp3) is 0.350. The molecular weight excluding hydrogens is 298 g/mol. The highest BCUT2D eigenvalue weighted by Gasteiger charge is 2.35. The van der Waals surface area contributed by atoms with Crippen LogP contribution in [0.4, 0.5) is 11.4 Å². The average molecular weight is 323 g/mol. The molecular formula is C20H25N3O. The maximum absolute atomic E-state index is 13.1. The van der Waals surface area contributed by atoms with Gasteiger partial charge in [-0.25, -0.2) is 0 Å². The minimum atomic E-state index is -0.140. The van der Waals surface area contributed by atoms with Gasteiger partial charge in [0.25, 0.3) is 5.91 Å². The van der Waals surface area contributed by atoms with Crippen LogP contribution in [-0.2, 0) is 0 Å². The Hall–Kier alpha value is -2.49. The predicted molar refractivity (Wildman–Crippen MR) is 99.5 cm³/mol. The van der Waals surface area contributed by atoms with Crippen LogP contribution in [0.25, 0.3) is 0 Å². The molecule has 2 aromatic rings. The van der Waals surface area contributed by atoms with E-state index in [9.17, 15) is 4.79 Å². The summed E-state index contributed by atoms with van der Waals surface area (Å²) in [4.78, 5) is 17.1. The first-order valence-corrected chi connectivity index (χ1v) is 8.48. The molecule has 24 heavy (non-hydrogen) atoms. The topological polar surface area (TPSA) is 35.6 Å². The Bertz CT molecular complexity index is 724. The van der Waals surface area contributed by atoms with Gasteiger partial charge in [-0.3, -0.25) is 4.79 Å². The van der Waals surface area contributed by atoms with E-state index in [2.05, 4.69) is 48.3 Å². The molecule has 3 rings (SSSR count). The van der Waals surface area contributed by atoms with Crippen molar-refractivity contribution >= 4 is 17.3 Å². The van der Waals surface area contributed by atoms with Crippen LogP contribution in [0.15, 0.2) is 48.5 Å². The molecule has 2 atom stereocenters. The quantitative estimate of drug-likeness (QED) is 0.919. The fourth-order valence-electron chi connectivity index (χ4n) is 3.12. The van der Waals surface area contributed by atoms with Crippen LogP contribution in [-0.4, -0.2) is 30.9 Å². The van der Waals surface area contributed by atoms with E-state index in [-0.39, 0.29) is 18.1 Å². The molecule has 0 aliphatic carbocycles. The molecule has 1 amide bonds. The van der Waals surface area contributed by atoms with Gasteiger partial charge in [-0.2, -0.15) is 0 Å². The number of hydrogen-bond donors (Lipinski definition) is 1. The van der Waals surface area contributed by atoms with Crippen molar-refractivity contribution in [2.75, 3.05) is 24.3 Å². The molecule has 4 heteroatoms. The van der Waals surface area contributed by atoms with Crippen LogP contribution in [0, 0.1) is 0 Å². The Morgan fingerprint density at radius 1 is 1.12 bits per heavy atom. The van der Waals surface area contributed by atoms with Crippen LogP contribution in [0.5, 0.6) is 0 Å². The monoisotopic (exact) mass is 323 g/mol. The number of carbonyl (C=O) groups excluding carboxylic acids is 1. The summed E-state index contributed by atoms with van der Waals surface area (Å²) in [5.41, 5.74) is 3.91. The van der Waals surface area contributed by atoms with E-state index in [1.165, 1.54) is 0 Å². The molecule has 0 radical (unpaired) electrons. The van der Waals surface area contributed by atoms with Gasteiger partial charge in [0.2, 0.25) is 0 Å². The van der Waals surface area contributed by atoms with Gasteiger partial charge in [0.1, 0.15) is 6.17 Å². The van der Waals surface area contributed by atoms with E-state index < -0.39 is 0 Å². The number of rotatable bonds is 4. The molecule has 0 unspecified atom stereocenters. The van der Waals surface area contributed by atoms with Gasteiger partial charge in [0, 0.05) is 31.5 Å². The smallest absolute Gasteiger partial charge is 0.258 e. The third kappa shape index (κ3) is 2.84. The van der Waals surface area contributed by atoms with Gasteiger partial charge in [-0.1, -0.05) is 31.2 Å². The zero-order chi connectivity index (χ0) is 17.3. The summed E-state index contributed by atoms with van der Waals surface area (Å²) in [6.45, 7) is 4.22. The van der Waals surface area contributed by atoms with E-state index in [1.54, 1.807) is 0 Å². The first-order valence-electron chi connectivity index (χ1n) is 8.48. The summed E-state index contributed by atoms with van der Waals surface area (Å²) in [5.74, 6) is 0.0976. The predicted octanol–water partition coefficient (Wildman–Crippen LogP) is 4.12. The largest absolute Gasteiger partial charge is 0.378 e. The second-order valence-corrected chi connectivity index (χ2v) is 6.55. The van der Waals surface area contributed by atoms with Crippen molar-refractivity contribution in [2.45, 2.75) is 32.5 Å². The van der Waals surface area contributed by atoms with E-state index in [1.807, 2.05) is 43.3 Å². The summed E-state index contributed by atoms with van der Waals surface area (Å²) < 4.78 is 0. The summed E-state index contributed by atoms with van der Waals surface area (Å²) in [6.07, 6.45) is 0.778. The number of hydrogen-bond acceptors (Lipinski definition) is 3. The molecule has 1 aliphatic rings. The fourth-order valence-corrected chi connectivity index (χ4v) is 3.12. The number of carbonyl (C=O) groups is 1. The van der Waals surface area contributed by atoms with Crippen LogP contribution < -0.4 is 10.2 Å². The highest BCUT2D eigenvalue weighted by Crippen LogP contribution is 2.35. The molecule has 0 fully saturated rings. The van der Waals surface area contributed by atoms with E-state index in [0.29, 0.717) is 0 Å². The first kappa shape index (κ1) is 16.4. The number of fused-ring (bicyclic) bond motifs is 1. The lowest BCUT2D eigenvalue weighted by molar-refractivity contribution is 0.0593. The Labute approximate surface area is 144 Å². The van der Waals surface area contributed by atoms with Gasteiger partial charge < -0.3 is 15.1 Å². The highest BCUT2D eigenvalue weighted by atomic mass is 16.2. The second-order valence-electron chi connectivity index (χ2n) is 6.55. The van der Waals surface area contributed by atoms with Gasteiger partial charge in [0.15, 0.2) is 0 Å². The molecule has 1 N–H and O–H groups in total. The zero-order valence-electron chi connectivity index (χ0n) is 14.8. The summed E-state index contributed by atoms with van der Waals surface area (Å²) >= 11 is 0. The SMILES string of the molecule is CC[C@H](C)N1C(=O)c2ccccc2N[C@@H]1c1ccc(N(C)C)cc1. The Balaban J connectivity index is 2.02. The van der Waals surface area contributed by atoms with E-state index in [4.69, 9.17) is 0 Å². The Morgan fingerprint density at radius 3 is 2.42 bits per heavy atom. The van der Waals surface area contributed by atoms with Gasteiger partial charge in [-0.05, 0) is 43.2 Å². The Morgan fingerprint density at radius 2 is 1.79 bits per heavy atom. The molecule has 126 valence electrons. The number of benzene rings is 2. The number of amides is 1. The van der Waals surface area contributed by atoms with Gasteiger partial charge in [0.05, 0.1) is 5.56 Å². The molecule has 4 nitrogen and oxygen atoms in total. The van der Waals surface area contributed by atoms with Crippen LogP contribution in [0.1, 0.15) is 42.4 Å². The zero-order valence-corrected chi connectivity index (χ0v) is 14.8. The maximum Gasteiger partial charge on any atom is 0.258 e. The summed E-state index contributed by atoms with van der Waals surface area (Å²) in [7, 11) is 4.05. The third-order valence-corrected chi connectivity index (χ3v) is 4.75. The van der Waals surface area contributed by atoms with Crippen molar-refractivity contribution in [3.8, 4) is 0 Å². The first-order chi connectivity index (χ1) is 11.5. The lowest BCUT2D eigenvalue weighted by Gasteiger charge is -2.41. The van der Waals surface area contributed by atoms with Crippen molar-refractivity contribution in [3.05, 3.63) is 59.7 Å². The lowest BCUT2D eigenvalue weighted by atomic mass is 10.0. The lowest BCUT2D eigenvalue weighted by Crippen LogP contribution is -2.47. The third-order valence-electron chi connectivity index (χ3n) is 4.75. The molecule has 0 spiro atoms. The highest BCUT2D eigenvalue weighted by molar-refractivity contribution is 6.01. The van der Waals surface area contributed by atoms with E-state index >= 15 is 0 Å². The maximum atomic E-state index is 13.1. The van der Waals surface area contributed by atoms with Crippen molar-refractivity contribution in [1.29, 1.82) is 0 Å². The molecule has 1 aliphatic heterocycles.